The van der Waals surface area contributed by atoms with Crippen molar-refractivity contribution >= 4 is 51.2 Å². The van der Waals surface area contributed by atoms with Gasteiger partial charge < -0.3 is 14.8 Å². The summed E-state index contributed by atoms with van der Waals surface area (Å²) >= 11 is 9.14. The van der Waals surface area contributed by atoms with Crippen LogP contribution in [0.1, 0.15) is 18.1 Å². The van der Waals surface area contributed by atoms with Gasteiger partial charge in [0.25, 0.3) is 0 Å². The van der Waals surface area contributed by atoms with Crippen molar-refractivity contribution in [2.75, 3.05) is 11.9 Å². The van der Waals surface area contributed by atoms with Crippen molar-refractivity contribution in [3.63, 3.8) is 0 Å². The molecule has 3 aromatic rings. The molecule has 0 aromatic heterocycles. The lowest BCUT2D eigenvalue weighted by molar-refractivity contribution is -0.136. The van der Waals surface area contributed by atoms with E-state index in [-0.39, 0.29) is 17.3 Å². The maximum absolute atomic E-state index is 13.8. The molecular formula is C24H19BrClF2N3O4. The molecule has 35 heavy (non-hydrogen) atoms. The predicted molar refractivity (Wildman–Crippen MR) is 132 cm³/mol. The number of nitrogens with zero attached hydrogens (tertiary/aromatic N) is 1. The number of hydrogen-bond acceptors (Lipinski definition) is 5. The maximum atomic E-state index is 13.8. The Morgan fingerprint density at radius 1 is 1.03 bits per heavy atom. The fraction of sp³-hybridized carbons (Fsp3) is 0.125. The first-order chi connectivity index (χ1) is 16.8. The van der Waals surface area contributed by atoms with Gasteiger partial charge in [0.15, 0.2) is 11.5 Å². The number of amides is 2. The Bertz CT molecular complexity index is 1270. The largest absolute Gasteiger partial charge is 0.490 e. The van der Waals surface area contributed by atoms with Crippen molar-refractivity contribution in [2.45, 2.75) is 13.5 Å². The summed E-state index contributed by atoms with van der Waals surface area (Å²) in [7, 11) is 0. The number of hydrogen-bond donors (Lipinski definition) is 2. The summed E-state index contributed by atoms with van der Waals surface area (Å²) in [5.74, 6) is -2.47. The first kappa shape index (κ1) is 26.1. The molecule has 3 rings (SSSR count). The number of halogens is 4. The van der Waals surface area contributed by atoms with Gasteiger partial charge in [-0.2, -0.15) is 5.10 Å². The average molecular weight is 567 g/mol. The quantitative estimate of drug-likeness (QED) is 0.216. The molecule has 0 atom stereocenters. The maximum Gasteiger partial charge on any atom is 0.329 e. The monoisotopic (exact) mass is 565 g/mol. The smallest absolute Gasteiger partial charge is 0.329 e. The summed E-state index contributed by atoms with van der Waals surface area (Å²) in [6, 6.07) is 12.9. The minimum absolute atomic E-state index is 0.0940. The SMILES string of the molecule is CCOc1cc(/C=N/NC(=O)C(=O)Nc2ccc(Br)cc2F)ccc1OCc1ccc(F)cc1Cl. The van der Waals surface area contributed by atoms with Gasteiger partial charge in [-0.05, 0) is 61.0 Å². The molecule has 2 N–H and O–H groups in total. The van der Waals surface area contributed by atoms with Crippen LogP contribution in [-0.4, -0.2) is 24.6 Å². The number of nitrogens with one attached hydrogen (secondary N) is 2. The number of carbonyl (C=O) groups is 2. The molecule has 0 radical (unpaired) electrons. The number of rotatable bonds is 8. The number of carbonyl (C=O) groups excluding carboxylic acids is 2. The van der Waals surface area contributed by atoms with E-state index >= 15 is 0 Å². The van der Waals surface area contributed by atoms with Gasteiger partial charge in [0, 0.05) is 10.0 Å². The van der Waals surface area contributed by atoms with E-state index in [2.05, 4.69) is 31.8 Å². The lowest BCUT2D eigenvalue weighted by Crippen LogP contribution is -2.32. The van der Waals surface area contributed by atoms with E-state index in [0.29, 0.717) is 33.7 Å². The second-order valence-corrected chi connectivity index (χ2v) is 8.26. The summed E-state index contributed by atoms with van der Waals surface area (Å²) in [5.41, 5.74) is 3.08. The third-order valence-corrected chi connectivity index (χ3v) is 5.28. The number of anilines is 1. The highest BCUT2D eigenvalue weighted by Crippen LogP contribution is 2.30. The van der Waals surface area contributed by atoms with Crippen LogP contribution in [0.5, 0.6) is 11.5 Å². The molecular weight excluding hydrogens is 548 g/mol. The van der Waals surface area contributed by atoms with Crippen LogP contribution in [0.25, 0.3) is 0 Å². The molecule has 0 bridgehead atoms. The molecule has 0 aliphatic carbocycles. The summed E-state index contributed by atoms with van der Waals surface area (Å²) < 4.78 is 38.9. The summed E-state index contributed by atoms with van der Waals surface area (Å²) in [5, 5.41) is 6.16. The van der Waals surface area contributed by atoms with E-state index in [1.54, 1.807) is 25.1 Å². The normalized spacial score (nSPS) is 10.8. The molecule has 0 spiro atoms. The zero-order chi connectivity index (χ0) is 25.4. The number of ether oxygens (including phenoxy) is 2. The van der Waals surface area contributed by atoms with Crippen molar-refractivity contribution in [3.05, 3.63) is 86.9 Å². The van der Waals surface area contributed by atoms with Gasteiger partial charge in [-0.15, -0.1) is 0 Å². The topological polar surface area (TPSA) is 89.0 Å². The van der Waals surface area contributed by atoms with Gasteiger partial charge >= 0.3 is 11.8 Å². The van der Waals surface area contributed by atoms with E-state index in [0.717, 1.165) is 6.07 Å². The second-order valence-electron chi connectivity index (χ2n) is 6.94. The Morgan fingerprint density at radius 3 is 2.54 bits per heavy atom. The summed E-state index contributed by atoms with van der Waals surface area (Å²) in [6.07, 6.45) is 1.30. The molecule has 2 amide bonds. The van der Waals surface area contributed by atoms with E-state index in [1.165, 1.54) is 36.5 Å². The van der Waals surface area contributed by atoms with Crippen molar-refractivity contribution in [2.24, 2.45) is 5.10 Å². The van der Waals surface area contributed by atoms with Crippen LogP contribution in [0.15, 0.2) is 64.2 Å². The van der Waals surface area contributed by atoms with Crippen molar-refractivity contribution < 1.29 is 27.8 Å². The Labute approximate surface area is 213 Å². The summed E-state index contributed by atoms with van der Waals surface area (Å²) in [4.78, 5) is 23.9. The molecule has 182 valence electrons. The molecule has 0 aliphatic rings. The molecule has 0 saturated carbocycles. The fourth-order valence-electron chi connectivity index (χ4n) is 2.77. The van der Waals surface area contributed by atoms with Gasteiger partial charge in [-0.25, -0.2) is 14.2 Å². The van der Waals surface area contributed by atoms with Crippen LogP contribution >= 0.6 is 27.5 Å². The van der Waals surface area contributed by atoms with E-state index in [1.807, 2.05) is 0 Å². The highest BCUT2D eigenvalue weighted by Gasteiger charge is 2.15. The van der Waals surface area contributed by atoms with Crippen LogP contribution in [0.3, 0.4) is 0 Å². The Kier molecular flexibility index (Phi) is 9.16. The van der Waals surface area contributed by atoms with Crippen LogP contribution in [0.2, 0.25) is 5.02 Å². The third kappa shape index (κ3) is 7.49. The summed E-state index contributed by atoms with van der Waals surface area (Å²) in [6.45, 7) is 2.25. The molecule has 0 saturated heterocycles. The van der Waals surface area contributed by atoms with E-state index < -0.39 is 23.4 Å². The highest BCUT2D eigenvalue weighted by molar-refractivity contribution is 9.10. The zero-order valence-corrected chi connectivity index (χ0v) is 20.6. The molecule has 0 aliphatic heterocycles. The first-order valence-corrected chi connectivity index (χ1v) is 11.4. The fourth-order valence-corrected chi connectivity index (χ4v) is 3.33. The van der Waals surface area contributed by atoms with Crippen molar-refractivity contribution in [1.82, 2.24) is 5.43 Å². The van der Waals surface area contributed by atoms with Crippen LogP contribution in [0, 0.1) is 11.6 Å². The number of hydrazone groups is 1. The van der Waals surface area contributed by atoms with Gasteiger partial charge in [0.2, 0.25) is 0 Å². The average Bonchev–Trinajstić information content (AvgIpc) is 2.81. The Hall–Kier alpha value is -3.50. The van der Waals surface area contributed by atoms with Gasteiger partial charge in [-0.1, -0.05) is 33.6 Å². The highest BCUT2D eigenvalue weighted by atomic mass is 79.9. The van der Waals surface area contributed by atoms with Gasteiger partial charge in [0.1, 0.15) is 18.2 Å². The molecule has 0 heterocycles. The lowest BCUT2D eigenvalue weighted by Gasteiger charge is -2.13. The lowest BCUT2D eigenvalue weighted by atomic mass is 10.2. The molecule has 0 unspecified atom stereocenters. The number of benzene rings is 3. The molecule has 0 fully saturated rings. The van der Waals surface area contributed by atoms with E-state index in [4.69, 9.17) is 21.1 Å². The molecule has 11 heteroatoms. The second kappa shape index (κ2) is 12.3. The molecule has 3 aromatic carbocycles. The Balaban J connectivity index is 1.61. The van der Waals surface area contributed by atoms with Crippen LogP contribution in [-0.2, 0) is 16.2 Å². The molecule has 7 nitrogen and oxygen atoms in total. The Morgan fingerprint density at radius 2 is 1.83 bits per heavy atom. The third-order valence-electron chi connectivity index (χ3n) is 4.43. The minimum Gasteiger partial charge on any atom is -0.490 e. The predicted octanol–water partition coefficient (Wildman–Crippen LogP) is 5.45. The van der Waals surface area contributed by atoms with E-state index in [9.17, 15) is 18.4 Å². The van der Waals surface area contributed by atoms with Crippen molar-refractivity contribution in [1.29, 1.82) is 0 Å². The van der Waals surface area contributed by atoms with Gasteiger partial charge in [-0.3, -0.25) is 9.59 Å². The van der Waals surface area contributed by atoms with Crippen molar-refractivity contribution in [3.8, 4) is 11.5 Å². The standard InChI is InChI=1S/C24H19BrClF2N3O4/c1-2-34-22-9-14(3-8-21(22)35-13-15-4-6-17(27)11-18(15)26)12-29-31-24(33)23(32)30-20-7-5-16(25)10-19(20)28/h3-12H,2,13H2,1H3,(H,30,32)(H,31,33)/b29-12+. The van der Waals surface area contributed by atoms with Crippen LogP contribution in [0.4, 0.5) is 14.5 Å². The minimum atomic E-state index is -1.08. The van der Waals surface area contributed by atoms with Crippen LogP contribution < -0.4 is 20.2 Å². The first-order valence-electron chi connectivity index (χ1n) is 10.2. The van der Waals surface area contributed by atoms with Gasteiger partial charge in [0.05, 0.1) is 23.5 Å². The zero-order valence-electron chi connectivity index (χ0n) is 18.3.